The second kappa shape index (κ2) is 6.13. The van der Waals surface area contributed by atoms with E-state index >= 15 is 0 Å². The van der Waals surface area contributed by atoms with Crippen LogP contribution < -0.4 is 5.32 Å². The molecule has 0 spiro atoms. The van der Waals surface area contributed by atoms with Crippen molar-refractivity contribution in [2.75, 3.05) is 5.32 Å². The van der Waals surface area contributed by atoms with Gasteiger partial charge < -0.3 is 10.4 Å². The van der Waals surface area contributed by atoms with Gasteiger partial charge in [-0.25, -0.2) is 9.50 Å². The Labute approximate surface area is 133 Å². The van der Waals surface area contributed by atoms with E-state index in [0.29, 0.717) is 11.5 Å². The van der Waals surface area contributed by atoms with Gasteiger partial charge in [0.15, 0.2) is 0 Å². The molecule has 0 radical (unpaired) electrons. The van der Waals surface area contributed by atoms with Crippen LogP contribution in [0.15, 0.2) is 30.6 Å². The zero-order valence-corrected chi connectivity index (χ0v) is 12.9. The van der Waals surface area contributed by atoms with Crippen LogP contribution in [-0.2, 0) is 17.8 Å². The van der Waals surface area contributed by atoms with Crippen molar-refractivity contribution in [1.82, 2.24) is 19.6 Å². The van der Waals surface area contributed by atoms with Crippen LogP contribution in [0.25, 0.3) is 5.78 Å². The highest BCUT2D eigenvalue weighted by Gasteiger charge is 2.14. The van der Waals surface area contributed by atoms with Crippen LogP contribution in [0.1, 0.15) is 22.5 Å². The van der Waals surface area contributed by atoms with E-state index in [4.69, 9.17) is 5.11 Å². The summed E-state index contributed by atoms with van der Waals surface area (Å²) in [5.41, 5.74) is 3.86. The van der Waals surface area contributed by atoms with Crippen molar-refractivity contribution >= 4 is 17.4 Å². The lowest BCUT2D eigenvalue weighted by Crippen LogP contribution is -2.17. The van der Waals surface area contributed by atoms with Gasteiger partial charge in [0.2, 0.25) is 5.91 Å². The largest absolute Gasteiger partial charge is 0.392 e. The number of fused-ring (bicyclic) bond motifs is 1. The molecule has 2 aromatic heterocycles. The molecule has 2 heterocycles. The van der Waals surface area contributed by atoms with Crippen molar-refractivity contribution in [3.05, 3.63) is 53.1 Å². The van der Waals surface area contributed by atoms with Crippen molar-refractivity contribution in [2.45, 2.75) is 26.9 Å². The molecule has 23 heavy (non-hydrogen) atoms. The summed E-state index contributed by atoms with van der Waals surface area (Å²) in [7, 11) is 0. The molecule has 0 unspecified atom stereocenters. The van der Waals surface area contributed by atoms with Gasteiger partial charge in [0.25, 0.3) is 5.78 Å². The average Bonchev–Trinajstić information content (AvgIpc) is 3.00. The van der Waals surface area contributed by atoms with Crippen LogP contribution in [-0.4, -0.2) is 30.6 Å². The van der Waals surface area contributed by atoms with Crippen LogP contribution in [0, 0.1) is 13.8 Å². The minimum absolute atomic E-state index is 0.0607. The van der Waals surface area contributed by atoms with E-state index in [9.17, 15) is 4.79 Å². The predicted molar refractivity (Wildman–Crippen MR) is 85.0 cm³/mol. The Morgan fingerprint density at radius 2 is 2.17 bits per heavy atom. The van der Waals surface area contributed by atoms with E-state index in [-0.39, 0.29) is 18.9 Å². The molecule has 0 bridgehead atoms. The number of aryl methyl sites for hydroxylation is 2. The van der Waals surface area contributed by atoms with Gasteiger partial charge in [0.05, 0.1) is 13.0 Å². The van der Waals surface area contributed by atoms with E-state index in [1.54, 1.807) is 28.8 Å². The monoisotopic (exact) mass is 311 g/mol. The highest BCUT2D eigenvalue weighted by Crippen LogP contribution is 2.15. The fourth-order valence-electron chi connectivity index (χ4n) is 2.52. The molecule has 0 saturated heterocycles. The third-order valence-corrected chi connectivity index (χ3v) is 3.72. The highest BCUT2D eigenvalue weighted by atomic mass is 16.3. The molecule has 0 aliphatic heterocycles. The summed E-state index contributed by atoms with van der Waals surface area (Å²) in [5, 5.41) is 16.1. The predicted octanol–water partition coefficient (Wildman–Crippen LogP) is 1.41. The van der Waals surface area contributed by atoms with Crippen molar-refractivity contribution in [3.63, 3.8) is 0 Å². The van der Waals surface area contributed by atoms with Crippen molar-refractivity contribution in [3.8, 4) is 0 Å². The summed E-state index contributed by atoms with van der Waals surface area (Å²) in [4.78, 5) is 20.7. The number of aliphatic hydroxyl groups is 1. The SMILES string of the molecule is Cc1nc2ncnn2c(C)c1CC(=O)Nc1cccc(CO)c1. The zero-order valence-electron chi connectivity index (χ0n) is 12.9. The van der Waals surface area contributed by atoms with Gasteiger partial charge in [0, 0.05) is 22.6 Å². The van der Waals surface area contributed by atoms with Crippen molar-refractivity contribution < 1.29 is 9.90 Å². The van der Waals surface area contributed by atoms with Crippen LogP contribution in [0.2, 0.25) is 0 Å². The Morgan fingerprint density at radius 3 is 2.96 bits per heavy atom. The molecule has 0 aliphatic rings. The molecular weight excluding hydrogens is 294 g/mol. The van der Waals surface area contributed by atoms with Crippen LogP contribution in [0.4, 0.5) is 5.69 Å². The first-order valence-corrected chi connectivity index (χ1v) is 7.24. The first-order chi connectivity index (χ1) is 11.1. The van der Waals surface area contributed by atoms with E-state index in [0.717, 1.165) is 22.5 Å². The third kappa shape index (κ3) is 3.04. The number of anilines is 1. The van der Waals surface area contributed by atoms with Gasteiger partial charge in [-0.1, -0.05) is 12.1 Å². The van der Waals surface area contributed by atoms with Crippen LogP contribution in [0.3, 0.4) is 0 Å². The Balaban J connectivity index is 1.82. The Hall–Kier alpha value is -2.80. The molecule has 0 fully saturated rings. The molecule has 0 atom stereocenters. The molecule has 3 aromatic rings. The molecule has 118 valence electrons. The standard InChI is InChI=1S/C16H17N5O2/c1-10-14(11(2)21-16(19-10)17-9-18-21)7-15(23)20-13-5-3-4-12(6-13)8-22/h3-6,9,22H,7-8H2,1-2H3,(H,20,23). The molecule has 0 aliphatic carbocycles. The first-order valence-electron chi connectivity index (χ1n) is 7.24. The normalized spacial score (nSPS) is 10.9. The number of hydrogen-bond acceptors (Lipinski definition) is 5. The topological polar surface area (TPSA) is 92.4 Å². The third-order valence-electron chi connectivity index (χ3n) is 3.72. The number of aromatic nitrogens is 4. The second-order valence-corrected chi connectivity index (χ2v) is 5.32. The summed E-state index contributed by atoms with van der Waals surface area (Å²) in [6.45, 7) is 3.69. The van der Waals surface area contributed by atoms with Gasteiger partial charge in [-0.2, -0.15) is 10.1 Å². The smallest absolute Gasteiger partial charge is 0.252 e. The van der Waals surface area contributed by atoms with Crippen molar-refractivity contribution in [2.24, 2.45) is 0 Å². The Morgan fingerprint density at radius 1 is 1.35 bits per heavy atom. The van der Waals surface area contributed by atoms with Gasteiger partial charge in [-0.05, 0) is 31.5 Å². The lowest BCUT2D eigenvalue weighted by atomic mass is 10.1. The summed E-state index contributed by atoms with van der Waals surface area (Å²) < 4.78 is 1.63. The summed E-state index contributed by atoms with van der Waals surface area (Å²) in [5.74, 6) is 0.382. The highest BCUT2D eigenvalue weighted by molar-refractivity contribution is 5.92. The number of benzene rings is 1. The molecule has 1 amide bonds. The molecule has 7 nitrogen and oxygen atoms in total. The number of carbonyl (C=O) groups is 1. The molecule has 0 saturated carbocycles. The fourth-order valence-corrected chi connectivity index (χ4v) is 2.52. The number of nitrogens with one attached hydrogen (secondary N) is 1. The lowest BCUT2D eigenvalue weighted by Gasteiger charge is -2.11. The number of amides is 1. The van der Waals surface area contributed by atoms with E-state index in [1.807, 2.05) is 13.8 Å². The maximum atomic E-state index is 12.3. The summed E-state index contributed by atoms with van der Waals surface area (Å²) in [6, 6.07) is 7.12. The number of aliphatic hydroxyl groups excluding tert-OH is 1. The second-order valence-electron chi connectivity index (χ2n) is 5.32. The van der Waals surface area contributed by atoms with Gasteiger partial charge in [-0.3, -0.25) is 4.79 Å². The maximum Gasteiger partial charge on any atom is 0.252 e. The lowest BCUT2D eigenvalue weighted by molar-refractivity contribution is -0.115. The van der Waals surface area contributed by atoms with E-state index in [1.165, 1.54) is 6.33 Å². The molecule has 2 N–H and O–H groups in total. The number of nitrogens with zero attached hydrogens (tertiary/aromatic N) is 4. The average molecular weight is 311 g/mol. The molecule has 1 aromatic carbocycles. The number of hydrogen-bond donors (Lipinski definition) is 2. The molecule has 7 heteroatoms. The quantitative estimate of drug-likeness (QED) is 0.760. The van der Waals surface area contributed by atoms with E-state index < -0.39 is 0 Å². The molecular formula is C16H17N5O2. The minimum Gasteiger partial charge on any atom is -0.392 e. The zero-order chi connectivity index (χ0) is 16.4. The fraction of sp³-hybridized carbons (Fsp3) is 0.250. The first kappa shape index (κ1) is 15.1. The molecule has 3 rings (SSSR count). The van der Waals surface area contributed by atoms with Crippen molar-refractivity contribution in [1.29, 1.82) is 0 Å². The van der Waals surface area contributed by atoms with Crippen LogP contribution in [0.5, 0.6) is 0 Å². The minimum atomic E-state index is -0.146. The van der Waals surface area contributed by atoms with E-state index in [2.05, 4.69) is 20.4 Å². The maximum absolute atomic E-state index is 12.3. The summed E-state index contributed by atoms with van der Waals surface area (Å²) in [6.07, 6.45) is 1.64. The Bertz CT molecular complexity index is 872. The van der Waals surface area contributed by atoms with Gasteiger partial charge in [-0.15, -0.1) is 0 Å². The van der Waals surface area contributed by atoms with Gasteiger partial charge >= 0.3 is 0 Å². The van der Waals surface area contributed by atoms with Gasteiger partial charge in [0.1, 0.15) is 6.33 Å². The number of rotatable bonds is 4. The Kier molecular flexibility index (Phi) is 4.03. The number of carbonyl (C=O) groups excluding carboxylic acids is 1. The summed E-state index contributed by atoms with van der Waals surface area (Å²) >= 11 is 0. The van der Waals surface area contributed by atoms with Crippen LogP contribution >= 0.6 is 0 Å².